The molecule has 12 atom stereocenters. The van der Waals surface area contributed by atoms with Crippen molar-refractivity contribution < 1.29 is 42.9 Å². The van der Waals surface area contributed by atoms with Gasteiger partial charge in [0, 0.05) is 55.3 Å². The van der Waals surface area contributed by atoms with Gasteiger partial charge in [0.2, 0.25) is 0 Å². The zero-order valence-electron chi connectivity index (χ0n) is 31.3. The molecule has 0 bridgehead atoms. The van der Waals surface area contributed by atoms with E-state index in [4.69, 9.17) is 29.2 Å². The summed E-state index contributed by atoms with van der Waals surface area (Å²) in [6.45, 7) is 15.0. The number of ether oxygens (including phenoxy) is 5. The number of nitrogens with zero attached hydrogens (tertiary/aromatic N) is 5. The quantitative estimate of drug-likeness (QED) is 0.0730. The van der Waals surface area contributed by atoms with Crippen LogP contribution in [0.15, 0.2) is 5.11 Å². The van der Waals surface area contributed by atoms with E-state index in [0.717, 1.165) is 6.42 Å². The molecule has 0 aromatic rings. The second-order valence-corrected chi connectivity index (χ2v) is 15.0. The number of cyclic esters (lactones) is 1. The van der Waals surface area contributed by atoms with Crippen LogP contribution in [0.4, 0.5) is 4.79 Å². The van der Waals surface area contributed by atoms with Crippen molar-refractivity contribution in [1.29, 1.82) is 0 Å². The highest BCUT2D eigenvalue weighted by Crippen LogP contribution is 2.41. The Morgan fingerprint density at radius 2 is 1.76 bits per heavy atom. The number of ketones is 2. The molecule has 1 amide bonds. The Hall–Kier alpha value is -2.77. The van der Waals surface area contributed by atoms with E-state index < -0.39 is 71.3 Å². The maximum atomic E-state index is 14.2. The van der Waals surface area contributed by atoms with E-state index >= 15 is 0 Å². The molecule has 278 valence electrons. The predicted molar refractivity (Wildman–Crippen MR) is 181 cm³/mol. The van der Waals surface area contributed by atoms with Gasteiger partial charge in [0.25, 0.3) is 0 Å². The van der Waals surface area contributed by atoms with Gasteiger partial charge in [-0.2, -0.15) is 0 Å². The molecule has 3 fully saturated rings. The average Bonchev–Trinajstić information content (AvgIpc) is 3.29. The lowest BCUT2D eigenvalue weighted by atomic mass is 9.76. The minimum Gasteiger partial charge on any atom is -0.458 e. The molecule has 0 saturated carbocycles. The number of Topliss-reactive ketones (excluding diaryl/α,β-unsaturated/α-hetero) is 2. The summed E-state index contributed by atoms with van der Waals surface area (Å²) < 4.78 is 31.2. The Balaban J connectivity index is 2.05. The van der Waals surface area contributed by atoms with Crippen molar-refractivity contribution in [3.8, 4) is 0 Å². The lowest BCUT2D eigenvalue weighted by Crippen LogP contribution is -2.57. The predicted octanol–water partition coefficient (Wildman–Crippen LogP) is 5.31. The van der Waals surface area contributed by atoms with E-state index in [-0.39, 0.29) is 56.2 Å². The van der Waals surface area contributed by atoms with Crippen LogP contribution in [0.2, 0.25) is 0 Å². The third-order valence-corrected chi connectivity index (χ3v) is 11.1. The number of unbranched alkanes of at least 4 members (excludes halogenated alkanes) is 1. The van der Waals surface area contributed by atoms with Crippen LogP contribution in [0.25, 0.3) is 10.4 Å². The molecule has 0 spiro atoms. The average molecular weight is 694 g/mol. The maximum absolute atomic E-state index is 14.2. The first kappa shape index (κ1) is 40.7. The number of amides is 1. The molecule has 14 nitrogen and oxygen atoms in total. The number of azide groups is 1. The van der Waals surface area contributed by atoms with Gasteiger partial charge < -0.3 is 33.5 Å². The Bertz CT molecular complexity index is 1240. The zero-order chi connectivity index (χ0) is 36.8. The Morgan fingerprint density at radius 3 is 2.35 bits per heavy atom. The monoisotopic (exact) mass is 693 g/mol. The van der Waals surface area contributed by atoms with Crippen molar-refractivity contribution in [3.05, 3.63) is 10.4 Å². The van der Waals surface area contributed by atoms with Crippen LogP contribution >= 0.6 is 0 Å². The third-order valence-electron chi connectivity index (χ3n) is 11.1. The van der Waals surface area contributed by atoms with Gasteiger partial charge in [0.1, 0.15) is 17.8 Å². The summed E-state index contributed by atoms with van der Waals surface area (Å²) >= 11 is 0. The Morgan fingerprint density at radius 1 is 1.08 bits per heavy atom. The second kappa shape index (κ2) is 17.0. The Kier molecular flexibility index (Phi) is 14.1. The molecule has 3 aliphatic heterocycles. The molecule has 3 rings (SSSR count). The van der Waals surface area contributed by atoms with Gasteiger partial charge in [-0.05, 0) is 79.4 Å². The normalized spacial score (nSPS) is 39.6. The van der Waals surface area contributed by atoms with E-state index in [9.17, 15) is 19.2 Å². The molecule has 49 heavy (non-hydrogen) atoms. The molecule has 0 aromatic heterocycles. The number of carbonyl (C=O) groups is 4. The number of hydrogen-bond donors (Lipinski definition) is 0. The molecule has 3 unspecified atom stereocenters. The largest absolute Gasteiger partial charge is 0.458 e. The van der Waals surface area contributed by atoms with Crippen LogP contribution < -0.4 is 0 Å². The second-order valence-electron chi connectivity index (χ2n) is 15.0. The molecule has 0 radical (unpaired) electrons. The molecular weight excluding hydrogens is 634 g/mol. The molecule has 14 heteroatoms. The highest BCUT2D eigenvalue weighted by Gasteiger charge is 2.58. The summed E-state index contributed by atoms with van der Waals surface area (Å²) in [4.78, 5) is 61.9. The number of fused-ring (bicyclic) bond motifs is 1. The van der Waals surface area contributed by atoms with Crippen molar-refractivity contribution in [2.75, 3.05) is 34.3 Å². The zero-order valence-corrected chi connectivity index (χ0v) is 31.3. The van der Waals surface area contributed by atoms with E-state index in [1.165, 1.54) is 18.9 Å². The summed E-state index contributed by atoms with van der Waals surface area (Å²) in [5, 5.41) is 3.57. The fourth-order valence-corrected chi connectivity index (χ4v) is 7.95. The minimum absolute atomic E-state index is 0.0477. The van der Waals surface area contributed by atoms with Crippen LogP contribution in [0.3, 0.4) is 0 Å². The first-order valence-electron chi connectivity index (χ1n) is 17.7. The fourth-order valence-electron chi connectivity index (χ4n) is 7.95. The van der Waals surface area contributed by atoms with Crippen molar-refractivity contribution in [3.63, 3.8) is 0 Å². The van der Waals surface area contributed by atoms with Gasteiger partial charge in [-0.3, -0.25) is 14.4 Å². The van der Waals surface area contributed by atoms with Crippen molar-refractivity contribution >= 4 is 23.6 Å². The number of carbonyl (C=O) groups excluding carboxylic acids is 4. The molecular formula is C35H59N5O9. The van der Waals surface area contributed by atoms with Crippen LogP contribution in [0.1, 0.15) is 93.9 Å². The van der Waals surface area contributed by atoms with Gasteiger partial charge in [-0.1, -0.05) is 32.8 Å². The van der Waals surface area contributed by atoms with Crippen molar-refractivity contribution in [2.45, 2.75) is 142 Å². The smallest absolute Gasteiger partial charge is 0.410 e. The summed E-state index contributed by atoms with van der Waals surface area (Å²) in [5.41, 5.74) is 6.13. The van der Waals surface area contributed by atoms with Crippen molar-refractivity contribution in [1.82, 2.24) is 9.80 Å². The standard InChI is InChI=1S/C35H59N5O9/c1-12-28-35(8)27(40(33(44)49-35)16-14-13-15-37-38-36)18-26(41)20(2)19-34(7,45-11)30(23(5)29(42)24(6)31(43)47-28)48-32-22(4)25(39(9)10)17-21(3)46-32/h20-25,27-28,30,32H,12-19H2,1-11H3/t20-,21?,22?,23+,24-,25?,27-,28-,30-,32+,34-,35+/m1/s1. The van der Waals surface area contributed by atoms with Crippen LogP contribution in [-0.2, 0) is 38.1 Å². The van der Waals surface area contributed by atoms with Gasteiger partial charge >= 0.3 is 12.1 Å². The molecule has 3 heterocycles. The molecule has 0 aliphatic carbocycles. The maximum Gasteiger partial charge on any atom is 0.410 e. The summed E-state index contributed by atoms with van der Waals surface area (Å²) in [7, 11) is 5.57. The highest BCUT2D eigenvalue weighted by molar-refractivity contribution is 6.00. The number of rotatable bonds is 10. The topological polar surface area (TPSA) is 170 Å². The van der Waals surface area contributed by atoms with Gasteiger partial charge in [0.05, 0.1) is 23.9 Å². The molecule has 0 aromatic carbocycles. The van der Waals surface area contributed by atoms with Gasteiger partial charge in [-0.25, -0.2) is 4.79 Å². The first-order chi connectivity index (χ1) is 22.9. The lowest BCUT2D eigenvalue weighted by molar-refractivity contribution is -0.280. The van der Waals surface area contributed by atoms with E-state index in [0.29, 0.717) is 12.8 Å². The van der Waals surface area contributed by atoms with Gasteiger partial charge in [-0.15, -0.1) is 0 Å². The van der Waals surface area contributed by atoms with Crippen LogP contribution in [0, 0.1) is 23.7 Å². The number of methoxy groups -OCH3 is 1. The van der Waals surface area contributed by atoms with Crippen molar-refractivity contribution in [2.24, 2.45) is 28.8 Å². The van der Waals surface area contributed by atoms with Gasteiger partial charge in [0.15, 0.2) is 17.7 Å². The molecule has 3 aliphatic rings. The van der Waals surface area contributed by atoms with E-state index in [1.807, 2.05) is 34.9 Å². The first-order valence-corrected chi connectivity index (χ1v) is 17.7. The molecule has 0 N–H and O–H groups in total. The summed E-state index contributed by atoms with van der Waals surface area (Å²) in [5.74, 6) is -3.88. The highest BCUT2D eigenvalue weighted by atomic mass is 16.7. The SMILES string of the molecule is CC[C@H]1OC(=O)[C@H](C)C(=O)[C@H](C)[C@@H](O[C@@H]2OC(C)CC(N(C)C)C2C)[C@](C)(OC)C[C@@H](C)C(=O)C[C@H]2N(CCCCN=[N+]=[N-])C(=O)O[C@]12C. The lowest BCUT2D eigenvalue weighted by Gasteiger charge is -2.47. The minimum atomic E-state index is -1.36. The number of esters is 1. The third kappa shape index (κ3) is 8.94. The van der Waals surface area contributed by atoms with E-state index in [2.05, 4.69) is 21.8 Å². The summed E-state index contributed by atoms with van der Waals surface area (Å²) in [6, 6.07) is -0.582. The summed E-state index contributed by atoms with van der Waals surface area (Å²) in [6.07, 6.45) is -0.867. The van der Waals surface area contributed by atoms with Crippen LogP contribution in [0.5, 0.6) is 0 Å². The fraction of sp³-hybridized carbons (Fsp3) is 0.886. The van der Waals surface area contributed by atoms with E-state index in [1.54, 1.807) is 20.8 Å². The van der Waals surface area contributed by atoms with Crippen LogP contribution in [-0.4, -0.2) is 116 Å². The molecule has 3 saturated heterocycles. The Labute approximate surface area is 291 Å². The number of hydrogen-bond acceptors (Lipinski definition) is 11.